The molecule has 5 nitrogen and oxygen atoms in total. The molecule has 0 spiro atoms. The molecule has 0 aliphatic rings. The van der Waals surface area contributed by atoms with Crippen molar-refractivity contribution in [2.45, 2.75) is 13.0 Å². The van der Waals surface area contributed by atoms with Crippen LogP contribution in [0.4, 0.5) is 9.18 Å². The Morgan fingerprint density at radius 2 is 1.95 bits per heavy atom. The maximum absolute atomic E-state index is 12.5. The first-order chi connectivity index (χ1) is 10.7. The van der Waals surface area contributed by atoms with Crippen LogP contribution in [0.25, 0.3) is 0 Å². The quantitative estimate of drug-likeness (QED) is 0.534. The monoisotopic (exact) mass is 299 g/mol. The van der Waals surface area contributed by atoms with Gasteiger partial charge in [0, 0.05) is 25.4 Å². The molecular weight excluding hydrogens is 285 g/mol. The van der Waals surface area contributed by atoms with E-state index in [0.29, 0.717) is 18.5 Å². The lowest BCUT2D eigenvalue weighted by atomic mass is 10.2. The first-order valence-electron chi connectivity index (χ1n) is 6.65. The highest BCUT2D eigenvalue weighted by Gasteiger charge is 2.00. The second-order valence-corrected chi connectivity index (χ2v) is 4.28. The van der Waals surface area contributed by atoms with Crippen LogP contribution in [0.5, 0.6) is 0 Å². The Morgan fingerprint density at radius 1 is 1.23 bits per heavy atom. The number of nitrogens with one attached hydrogen (secondary N) is 1. The zero-order chi connectivity index (χ0) is 15.6. The maximum atomic E-state index is 12.5. The van der Waals surface area contributed by atoms with Gasteiger partial charge >= 0.3 is 12.2 Å². The van der Waals surface area contributed by atoms with E-state index in [1.165, 1.54) is 12.4 Å². The molecule has 6 heteroatoms. The van der Waals surface area contributed by atoms with Crippen LogP contribution in [-0.4, -0.2) is 22.6 Å². The maximum Gasteiger partial charge on any atom is 0.407 e. The van der Waals surface area contributed by atoms with E-state index in [0.717, 1.165) is 5.56 Å². The van der Waals surface area contributed by atoms with Crippen molar-refractivity contribution in [3.05, 3.63) is 59.9 Å². The SMILES string of the molecule is O=C(NCCC#Cc1cnc(F)nc1)OCc1ccccc1. The average Bonchev–Trinajstić information content (AvgIpc) is 2.55. The Hall–Kier alpha value is -2.94. The first kappa shape index (κ1) is 15.4. The van der Waals surface area contributed by atoms with Crippen LogP contribution in [0.1, 0.15) is 17.5 Å². The highest BCUT2D eigenvalue weighted by atomic mass is 19.1. The molecule has 0 saturated carbocycles. The minimum Gasteiger partial charge on any atom is -0.445 e. The summed E-state index contributed by atoms with van der Waals surface area (Å²) in [4.78, 5) is 18.2. The van der Waals surface area contributed by atoms with E-state index in [4.69, 9.17) is 4.74 Å². The van der Waals surface area contributed by atoms with Gasteiger partial charge in [0.15, 0.2) is 0 Å². The van der Waals surface area contributed by atoms with Crippen molar-refractivity contribution in [3.63, 3.8) is 0 Å². The third-order valence-electron chi connectivity index (χ3n) is 2.59. The number of rotatable bonds is 4. The molecule has 1 aromatic heterocycles. The van der Waals surface area contributed by atoms with Gasteiger partial charge in [0.2, 0.25) is 0 Å². The molecule has 2 aromatic rings. The van der Waals surface area contributed by atoms with E-state index in [9.17, 15) is 9.18 Å². The smallest absolute Gasteiger partial charge is 0.407 e. The number of amides is 1. The van der Waals surface area contributed by atoms with Crippen LogP contribution in [0, 0.1) is 17.9 Å². The molecule has 0 atom stereocenters. The summed E-state index contributed by atoms with van der Waals surface area (Å²) in [6, 6.07) is 9.41. The number of carbonyl (C=O) groups excluding carboxylic acids is 1. The van der Waals surface area contributed by atoms with Crippen molar-refractivity contribution < 1.29 is 13.9 Å². The summed E-state index contributed by atoms with van der Waals surface area (Å²) in [5.41, 5.74) is 1.45. The largest absolute Gasteiger partial charge is 0.445 e. The molecule has 22 heavy (non-hydrogen) atoms. The predicted octanol–water partition coefficient (Wildman–Crippen LogP) is 2.28. The molecule has 0 bridgehead atoms. The van der Waals surface area contributed by atoms with E-state index in [1.54, 1.807) is 0 Å². The summed E-state index contributed by atoms with van der Waals surface area (Å²) in [5, 5.41) is 2.59. The fourth-order valence-corrected chi connectivity index (χ4v) is 1.54. The minimum atomic E-state index is -0.784. The predicted molar refractivity (Wildman–Crippen MR) is 78.1 cm³/mol. The number of ether oxygens (including phenoxy) is 1. The number of hydrogen-bond acceptors (Lipinski definition) is 4. The van der Waals surface area contributed by atoms with Crippen molar-refractivity contribution >= 4 is 6.09 Å². The third-order valence-corrected chi connectivity index (χ3v) is 2.59. The number of benzene rings is 1. The second kappa shape index (κ2) is 8.37. The van der Waals surface area contributed by atoms with Crippen molar-refractivity contribution in [1.82, 2.24) is 15.3 Å². The Balaban J connectivity index is 1.64. The van der Waals surface area contributed by atoms with Crippen LogP contribution >= 0.6 is 0 Å². The normalized spacial score (nSPS) is 9.50. The lowest BCUT2D eigenvalue weighted by Gasteiger charge is -2.05. The molecule has 1 aromatic carbocycles. The Labute approximate surface area is 127 Å². The highest BCUT2D eigenvalue weighted by Crippen LogP contribution is 2.00. The molecule has 2 rings (SSSR count). The van der Waals surface area contributed by atoms with E-state index < -0.39 is 12.2 Å². The van der Waals surface area contributed by atoms with Gasteiger partial charge in [-0.3, -0.25) is 0 Å². The van der Waals surface area contributed by atoms with Gasteiger partial charge in [-0.05, 0) is 5.56 Å². The van der Waals surface area contributed by atoms with Gasteiger partial charge in [-0.25, -0.2) is 14.8 Å². The summed E-state index contributed by atoms with van der Waals surface area (Å²) in [7, 11) is 0. The van der Waals surface area contributed by atoms with Crippen LogP contribution in [0.2, 0.25) is 0 Å². The Morgan fingerprint density at radius 3 is 2.68 bits per heavy atom. The topological polar surface area (TPSA) is 64.1 Å². The second-order valence-electron chi connectivity index (χ2n) is 4.28. The average molecular weight is 299 g/mol. The molecule has 1 N–H and O–H groups in total. The highest BCUT2D eigenvalue weighted by molar-refractivity contribution is 5.67. The number of hydrogen-bond donors (Lipinski definition) is 1. The number of halogens is 1. The molecule has 0 radical (unpaired) electrons. The third kappa shape index (κ3) is 5.59. The van der Waals surface area contributed by atoms with E-state index in [1.807, 2.05) is 30.3 Å². The molecule has 1 amide bonds. The lowest BCUT2D eigenvalue weighted by molar-refractivity contribution is 0.140. The summed E-state index contributed by atoms with van der Waals surface area (Å²) in [6.07, 6.45) is 1.77. The van der Waals surface area contributed by atoms with Gasteiger partial charge in [-0.15, -0.1) is 0 Å². The molecule has 0 fully saturated rings. The Kier molecular flexibility index (Phi) is 5.88. The van der Waals surface area contributed by atoms with Crippen LogP contribution < -0.4 is 5.32 Å². The first-order valence-corrected chi connectivity index (χ1v) is 6.65. The van der Waals surface area contributed by atoms with E-state index >= 15 is 0 Å². The van der Waals surface area contributed by atoms with Crippen LogP contribution in [0.15, 0.2) is 42.7 Å². The zero-order valence-electron chi connectivity index (χ0n) is 11.8. The molecule has 0 saturated heterocycles. The number of nitrogens with zero attached hydrogens (tertiary/aromatic N) is 2. The minimum absolute atomic E-state index is 0.227. The Bertz CT molecular complexity index is 663. The van der Waals surface area contributed by atoms with Gasteiger partial charge in [0.05, 0.1) is 5.56 Å². The number of carbonyl (C=O) groups is 1. The summed E-state index contributed by atoms with van der Waals surface area (Å²) < 4.78 is 17.5. The van der Waals surface area contributed by atoms with Gasteiger partial charge in [-0.1, -0.05) is 42.2 Å². The summed E-state index contributed by atoms with van der Waals surface area (Å²) in [6.45, 7) is 0.591. The fraction of sp³-hybridized carbons (Fsp3) is 0.188. The van der Waals surface area contributed by atoms with Crippen LogP contribution in [0.3, 0.4) is 0 Å². The van der Waals surface area contributed by atoms with Gasteiger partial charge in [0.25, 0.3) is 0 Å². The molecule has 0 aliphatic carbocycles. The van der Waals surface area contributed by atoms with Crippen molar-refractivity contribution in [2.24, 2.45) is 0 Å². The lowest BCUT2D eigenvalue weighted by Crippen LogP contribution is -2.24. The van der Waals surface area contributed by atoms with Crippen molar-refractivity contribution in [2.75, 3.05) is 6.54 Å². The number of alkyl carbamates (subject to hydrolysis) is 1. The number of aromatic nitrogens is 2. The molecule has 0 aliphatic heterocycles. The van der Waals surface area contributed by atoms with Crippen molar-refractivity contribution in [1.29, 1.82) is 0 Å². The summed E-state index contributed by atoms with van der Waals surface area (Å²) in [5.74, 6) is 5.60. The van der Waals surface area contributed by atoms with Crippen molar-refractivity contribution in [3.8, 4) is 11.8 Å². The summed E-state index contributed by atoms with van der Waals surface area (Å²) >= 11 is 0. The molecule has 1 heterocycles. The molecule has 112 valence electrons. The standard InChI is InChI=1S/C16H14FN3O2/c17-15-19-10-14(11-20-15)8-4-5-9-18-16(21)22-12-13-6-2-1-3-7-13/h1-3,6-7,10-11H,5,9,12H2,(H,18,21). The fourth-order valence-electron chi connectivity index (χ4n) is 1.54. The van der Waals surface area contributed by atoms with Gasteiger partial charge in [0.1, 0.15) is 6.61 Å². The molecule has 0 unspecified atom stereocenters. The molecular formula is C16H14FN3O2. The zero-order valence-corrected chi connectivity index (χ0v) is 11.8. The van der Waals surface area contributed by atoms with Gasteiger partial charge < -0.3 is 10.1 Å². The van der Waals surface area contributed by atoms with E-state index in [2.05, 4.69) is 27.1 Å². The van der Waals surface area contributed by atoms with Crippen LogP contribution in [-0.2, 0) is 11.3 Å². The van der Waals surface area contributed by atoms with E-state index in [-0.39, 0.29) is 6.61 Å². The van der Waals surface area contributed by atoms with Gasteiger partial charge in [-0.2, -0.15) is 4.39 Å².